The standard InChI is InChI=1S/C15H33N3/c1-12(2)17(5)9-7-8-16-15-10-14(4)18(6)11-13(15)3/h12-16H,7-11H2,1-6H3. The van der Waals surface area contributed by atoms with Crippen LogP contribution in [0.5, 0.6) is 0 Å². The van der Waals surface area contributed by atoms with Gasteiger partial charge in [0, 0.05) is 24.7 Å². The predicted octanol–water partition coefficient (Wildman–Crippen LogP) is 2.04. The Morgan fingerprint density at radius 3 is 2.61 bits per heavy atom. The summed E-state index contributed by atoms with van der Waals surface area (Å²) in [5.74, 6) is 0.772. The number of nitrogens with zero attached hydrogens (tertiary/aromatic N) is 2. The fourth-order valence-electron chi connectivity index (χ4n) is 2.70. The van der Waals surface area contributed by atoms with Crippen molar-refractivity contribution in [2.24, 2.45) is 5.92 Å². The van der Waals surface area contributed by atoms with Crippen molar-refractivity contribution in [1.82, 2.24) is 15.1 Å². The Hall–Kier alpha value is -0.120. The van der Waals surface area contributed by atoms with Crippen LogP contribution in [0, 0.1) is 5.92 Å². The molecule has 1 saturated heterocycles. The Bertz CT molecular complexity index is 230. The van der Waals surface area contributed by atoms with Gasteiger partial charge in [-0.05, 0) is 66.7 Å². The molecule has 0 aromatic rings. The van der Waals surface area contributed by atoms with Crippen LogP contribution in [0.1, 0.15) is 40.5 Å². The highest BCUT2D eigenvalue weighted by molar-refractivity contribution is 4.86. The van der Waals surface area contributed by atoms with E-state index in [1.54, 1.807) is 0 Å². The molecule has 1 heterocycles. The number of rotatable bonds is 6. The highest BCUT2D eigenvalue weighted by atomic mass is 15.2. The molecular formula is C15H33N3. The van der Waals surface area contributed by atoms with Crippen molar-refractivity contribution in [3.8, 4) is 0 Å². The Morgan fingerprint density at radius 1 is 1.33 bits per heavy atom. The summed E-state index contributed by atoms with van der Waals surface area (Å²) in [4.78, 5) is 4.90. The van der Waals surface area contributed by atoms with Crippen LogP contribution in [-0.4, -0.2) is 61.7 Å². The van der Waals surface area contributed by atoms with Crippen molar-refractivity contribution in [3.05, 3.63) is 0 Å². The monoisotopic (exact) mass is 255 g/mol. The molecule has 1 N–H and O–H groups in total. The Labute approximate surface area is 114 Å². The SMILES string of the molecule is CC1CN(C)C(C)CC1NCCCN(C)C(C)C. The zero-order valence-corrected chi connectivity index (χ0v) is 13.2. The van der Waals surface area contributed by atoms with Gasteiger partial charge in [0.2, 0.25) is 0 Å². The Morgan fingerprint density at radius 2 is 2.00 bits per heavy atom. The van der Waals surface area contributed by atoms with Crippen molar-refractivity contribution in [3.63, 3.8) is 0 Å². The highest BCUT2D eigenvalue weighted by Crippen LogP contribution is 2.20. The lowest BCUT2D eigenvalue weighted by Crippen LogP contribution is -2.51. The molecule has 3 nitrogen and oxygen atoms in total. The van der Waals surface area contributed by atoms with Crippen molar-refractivity contribution >= 4 is 0 Å². The summed E-state index contributed by atoms with van der Waals surface area (Å²) in [6.07, 6.45) is 2.54. The zero-order valence-electron chi connectivity index (χ0n) is 13.2. The van der Waals surface area contributed by atoms with E-state index in [9.17, 15) is 0 Å². The third kappa shape index (κ3) is 4.87. The van der Waals surface area contributed by atoms with Crippen molar-refractivity contribution in [2.75, 3.05) is 33.7 Å². The van der Waals surface area contributed by atoms with Crippen LogP contribution < -0.4 is 5.32 Å². The summed E-state index contributed by atoms with van der Waals surface area (Å²) < 4.78 is 0. The molecule has 1 fully saturated rings. The number of likely N-dealkylation sites (tertiary alicyclic amines) is 1. The molecule has 1 rings (SSSR count). The van der Waals surface area contributed by atoms with Gasteiger partial charge in [0.15, 0.2) is 0 Å². The minimum atomic E-state index is 0.660. The summed E-state index contributed by atoms with van der Waals surface area (Å²) in [5, 5.41) is 3.76. The lowest BCUT2D eigenvalue weighted by atomic mass is 9.90. The van der Waals surface area contributed by atoms with Crippen molar-refractivity contribution in [1.29, 1.82) is 0 Å². The third-order valence-electron chi connectivity index (χ3n) is 4.59. The first-order valence-electron chi connectivity index (χ1n) is 7.55. The summed E-state index contributed by atoms with van der Waals surface area (Å²) in [5.41, 5.74) is 0. The predicted molar refractivity (Wildman–Crippen MR) is 80.0 cm³/mol. The molecule has 0 spiro atoms. The van der Waals surface area contributed by atoms with Gasteiger partial charge in [-0.15, -0.1) is 0 Å². The van der Waals surface area contributed by atoms with Gasteiger partial charge in [0.25, 0.3) is 0 Å². The molecule has 108 valence electrons. The molecular weight excluding hydrogens is 222 g/mol. The Balaban J connectivity index is 2.19. The summed E-state index contributed by atoms with van der Waals surface area (Å²) in [7, 11) is 4.46. The van der Waals surface area contributed by atoms with Gasteiger partial charge in [-0.2, -0.15) is 0 Å². The lowest BCUT2D eigenvalue weighted by molar-refractivity contribution is 0.121. The molecule has 1 aliphatic heterocycles. The lowest BCUT2D eigenvalue weighted by Gasteiger charge is -2.40. The highest BCUT2D eigenvalue weighted by Gasteiger charge is 2.28. The van der Waals surface area contributed by atoms with E-state index in [1.807, 2.05) is 0 Å². The van der Waals surface area contributed by atoms with Gasteiger partial charge in [0.1, 0.15) is 0 Å². The molecule has 18 heavy (non-hydrogen) atoms. The molecule has 0 amide bonds. The van der Waals surface area contributed by atoms with E-state index in [0.29, 0.717) is 12.1 Å². The number of nitrogens with one attached hydrogen (secondary N) is 1. The van der Waals surface area contributed by atoms with Gasteiger partial charge in [0.05, 0.1) is 0 Å². The summed E-state index contributed by atoms with van der Waals surface area (Å²) in [6, 6.07) is 2.09. The van der Waals surface area contributed by atoms with E-state index >= 15 is 0 Å². The van der Waals surface area contributed by atoms with Gasteiger partial charge in [-0.25, -0.2) is 0 Å². The molecule has 0 radical (unpaired) electrons. The molecule has 0 saturated carbocycles. The smallest absolute Gasteiger partial charge is 0.0120 e. The average Bonchev–Trinajstić information content (AvgIpc) is 2.30. The van der Waals surface area contributed by atoms with E-state index in [0.717, 1.165) is 18.5 Å². The van der Waals surface area contributed by atoms with E-state index in [1.165, 1.54) is 25.9 Å². The second kappa shape index (κ2) is 7.46. The van der Waals surface area contributed by atoms with E-state index < -0.39 is 0 Å². The molecule has 1 aliphatic rings. The second-order valence-corrected chi connectivity index (χ2v) is 6.49. The fourth-order valence-corrected chi connectivity index (χ4v) is 2.70. The first-order chi connectivity index (χ1) is 8.41. The van der Waals surface area contributed by atoms with Crippen LogP contribution >= 0.6 is 0 Å². The normalized spacial score (nSPS) is 30.3. The average molecular weight is 255 g/mol. The van der Waals surface area contributed by atoms with Gasteiger partial charge >= 0.3 is 0 Å². The zero-order chi connectivity index (χ0) is 13.7. The molecule has 0 aromatic carbocycles. The minimum absolute atomic E-state index is 0.660. The van der Waals surface area contributed by atoms with Crippen molar-refractivity contribution in [2.45, 2.75) is 58.7 Å². The molecule has 0 bridgehead atoms. The van der Waals surface area contributed by atoms with Gasteiger partial charge in [-0.3, -0.25) is 0 Å². The largest absolute Gasteiger partial charge is 0.314 e. The summed E-state index contributed by atoms with van der Waals surface area (Å²) >= 11 is 0. The fraction of sp³-hybridized carbons (Fsp3) is 1.00. The van der Waals surface area contributed by atoms with Gasteiger partial charge in [-0.1, -0.05) is 6.92 Å². The maximum Gasteiger partial charge on any atom is 0.0120 e. The molecule has 3 atom stereocenters. The number of hydrogen-bond donors (Lipinski definition) is 1. The van der Waals surface area contributed by atoms with E-state index in [4.69, 9.17) is 0 Å². The van der Waals surface area contributed by atoms with Crippen LogP contribution in [0.3, 0.4) is 0 Å². The maximum absolute atomic E-state index is 3.76. The Kier molecular flexibility index (Phi) is 6.61. The van der Waals surface area contributed by atoms with Crippen LogP contribution in [-0.2, 0) is 0 Å². The first kappa shape index (κ1) is 15.9. The van der Waals surface area contributed by atoms with Crippen LogP contribution in [0.25, 0.3) is 0 Å². The number of hydrogen-bond acceptors (Lipinski definition) is 3. The topological polar surface area (TPSA) is 18.5 Å². The second-order valence-electron chi connectivity index (χ2n) is 6.49. The van der Waals surface area contributed by atoms with Gasteiger partial charge < -0.3 is 15.1 Å². The summed E-state index contributed by atoms with van der Waals surface area (Å²) in [6.45, 7) is 12.8. The quantitative estimate of drug-likeness (QED) is 0.733. The molecule has 0 aliphatic carbocycles. The van der Waals surface area contributed by atoms with Crippen LogP contribution in [0.4, 0.5) is 0 Å². The molecule has 0 aromatic heterocycles. The van der Waals surface area contributed by atoms with Crippen molar-refractivity contribution < 1.29 is 0 Å². The minimum Gasteiger partial charge on any atom is -0.314 e. The molecule has 3 unspecified atom stereocenters. The third-order valence-corrected chi connectivity index (χ3v) is 4.59. The first-order valence-corrected chi connectivity index (χ1v) is 7.55. The van der Waals surface area contributed by atoms with Crippen LogP contribution in [0.15, 0.2) is 0 Å². The molecule has 3 heteroatoms. The number of piperidine rings is 1. The van der Waals surface area contributed by atoms with E-state index in [-0.39, 0.29) is 0 Å². The van der Waals surface area contributed by atoms with E-state index in [2.05, 4.69) is 56.9 Å². The maximum atomic E-state index is 3.76. The van der Waals surface area contributed by atoms with Crippen LogP contribution in [0.2, 0.25) is 0 Å².